The molecule has 1 aliphatic rings. The highest BCUT2D eigenvalue weighted by Crippen LogP contribution is 2.43. The molecule has 1 fully saturated rings. The van der Waals surface area contributed by atoms with E-state index in [0.717, 1.165) is 46.8 Å². The van der Waals surface area contributed by atoms with Crippen molar-refractivity contribution >= 4 is 68.0 Å². The molecule has 1 aliphatic carbocycles. The van der Waals surface area contributed by atoms with Gasteiger partial charge in [-0.3, -0.25) is 9.59 Å². The summed E-state index contributed by atoms with van der Waals surface area (Å²) >= 11 is 15.1. The zero-order chi connectivity index (χ0) is 26.5. The molecule has 2 amide bonds. The van der Waals surface area contributed by atoms with E-state index >= 15 is 0 Å². The van der Waals surface area contributed by atoms with Crippen LogP contribution in [0.15, 0.2) is 48.5 Å². The first kappa shape index (κ1) is 26.7. The molecule has 2 N–H and O–H groups in total. The zero-order valence-electron chi connectivity index (χ0n) is 20.2. The molecule has 0 unspecified atom stereocenters. The fraction of sp³-hybridized carbons (Fsp3) is 0.308. The minimum Gasteiger partial charge on any atom is -0.300 e. The van der Waals surface area contributed by atoms with Crippen molar-refractivity contribution in [3.63, 3.8) is 0 Å². The van der Waals surface area contributed by atoms with E-state index in [1.165, 1.54) is 22.7 Å². The predicted octanol–water partition coefficient (Wildman–Crippen LogP) is 6.50. The number of nitrogens with zero attached hydrogens (tertiary/aromatic N) is 4. The molecular formula is C26H24Cl2N6O2S2. The summed E-state index contributed by atoms with van der Waals surface area (Å²) in [4.78, 5) is 24.9. The normalized spacial score (nSPS) is 17.2. The van der Waals surface area contributed by atoms with E-state index in [2.05, 4.69) is 31.0 Å². The van der Waals surface area contributed by atoms with E-state index in [9.17, 15) is 9.59 Å². The smallest absolute Gasteiger partial charge is 0.230 e. The topological polar surface area (TPSA) is 110 Å². The fourth-order valence-corrected chi connectivity index (χ4v) is 6.71. The highest BCUT2D eigenvalue weighted by Gasteiger charge is 2.29. The van der Waals surface area contributed by atoms with Crippen molar-refractivity contribution in [2.24, 2.45) is 0 Å². The van der Waals surface area contributed by atoms with E-state index in [4.69, 9.17) is 23.2 Å². The van der Waals surface area contributed by atoms with E-state index in [0.29, 0.717) is 20.3 Å². The second kappa shape index (κ2) is 12.3. The maximum absolute atomic E-state index is 12.5. The summed E-state index contributed by atoms with van der Waals surface area (Å²) in [7, 11) is 0. The minimum atomic E-state index is -0.180. The summed E-state index contributed by atoms with van der Waals surface area (Å²) in [6, 6.07) is 14.6. The Balaban J connectivity index is 1.16. The Morgan fingerprint density at radius 3 is 1.63 bits per heavy atom. The standard InChI is InChI=1S/C26H24Cl2N6O2S2/c27-19-10-3-1-6-15(19)13-21(35)29-25-33-31-23(37-25)17-8-5-9-18(12-17)24-32-34-26(38-24)30-22(36)14-16-7-2-4-11-20(16)28/h1-4,6-7,10-11,17-18H,5,8-9,12-14H2,(H,29,33,35)(H,30,34,36)/t17-,18-/m0/s1. The summed E-state index contributed by atoms with van der Waals surface area (Å²) in [5, 5.41) is 26.7. The van der Waals surface area contributed by atoms with Gasteiger partial charge < -0.3 is 10.6 Å². The average Bonchev–Trinajstić information content (AvgIpc) is 3.57. The van der Waals surface area contributed by atoms with Crippen molar-refractivity contribution in [2.45, 2.75) is 50.4 Å². The minimum absolute atomic E-state index is 0.175. The Labute approximate surface area is 237 Å². The number of nitrogens with one attached hydrogen (secondary N) is 2. The van der Waals surface area contributed by atoms with Crippen molar-refractivity contribution in [3.8, 4) is 0 Å². The fourth-order valence-electron chi connectivity index (χ4n) is 4.49. The van der Waals surface area contributed by atoms with Gasteiger partial charge in [-0.2, -0.15) is 0 Å². The van der Waals surface area contributed by atoms with Crippen LogP contribution in [0.5, 0.6) is 0 Å². The maximum Gasteiger partial charge on any atom is 0.230 e. The van der Waals surface area contributed by atoms with Crippen LogP contribution in [0.1, 0.15) is 58.7 Å². The number of hydrogen-bond donors (Lipinski definition) is 2. The maximum atomic E-state index is 12.5. The molecule has 2 aromatic carbocycles. The molecule has 2 heterocycles. The molecule has 4 aromatic rings. The lowest BCUT2D eigenvalue weighted by Crippen LogP contribution is -2.14. The summed E-state index contributed by atoms with van der Waals surface area (Å²) < 4.78 is 0. The highest BCUT2D eigenvalue weighted by atomic mass is 35.5. The number of hydrogen-bond acceptors (Lipinski definition) is 8. The van der Waals surface area contributed by atoms with E-state index in [1.54, 1.807) is 12.1 Å². The van der Waals surface area contributed by atoms with Crippen LogP contribution in [0.4, 0.5) is 10.3 Å². The van der Waals surface area contributed by atoms with Crippen molar-refractivity contribution in [2.75, 3.05) is 10.6 Å². The third-order valence-corrected chi connectivity index (χ3v) is 9.10. The third-order valence-electron chi connectivity index (χ3n) is 6.36. The third kappa shape index (κ3) is 6.74. The second-order valence-electron chi connectivity index (χ2n) is 9.08. The molecule has 0 aliphatic heterocycles. The van der Waals surface area contributed by atoms with Crippen LogP contribution in [0.25, 0.3) is 0 Å². The molecule has 196 valence electrons. The molecular weight excluding hydrogens is 563 g/mol. The molecule has 38 heavy (non-hydrogen) atoms. The molecule has 5 rings (SSSR count). The van der Waals surface area contributed by atoms with Crippen LogP contribution in [-0.4, -0.2) is 32.2 Å². The van der Waals surface area contributed by atoms with Crippen molar-refractivity contribution in [1.82, 2.24) is 20.4 Å². The van der Waals surface area contributed by atoms with E-state index in [1.807, 2.05) is 36.4 Å². The van der Waals surface area contributed by atoms with Gasteiger partial charge in [0.2, 0.25) is 22.1 Å². The molecule has 8 nitrogen and oxygen atoms in total. The van der Waals surface area contributed by atoms with Gasteiger partial charge in [0.1, 0.15) is 10.0 Å². The van der Waals surface area contributed by atoms with Gasteiger partial charge in [0.15, 0.2) is 0 Å². The number of anilines is 2. The lowest BCUT2D eigenvalue weighted by atomic mass is 9.82. The van der Waals surface area contributed by atoms with Gasteiger partial charge in [0, 0.05) is 21.9 Å². The predicted molar refractivity (Wildman–Crippen MR) is 151 cm³/mol. The van der Waals surface area contributed by atoms with E-state index in [-0.39, 0.29) is 36.5 Å². The van der Waals surface area contributed by atoms with Crippen LogP contribution in [0.2, 0.25) is 10.0 Å². The number of rotatable bonds is 8. The highest BCUT2D eigenvalue weighted by molar-refractivity contribution is 7.15. The molecule has 2 aromatic heterocycles. The lowest BCUT2D eigenvalue weighted by Gasteiger charge is -2.25. The first-order chi connectivity index (χ1) is 18.4. The average molecular weight is 588 g/mol. The summed E-state index contributed by atoms with van der Waals surface area (Å²) in [5.41, 5.74) is 1.53. The number of carbonyl (C=O) groups excluding carboxylic acids is 2. The van der Waals surface area contributed by atoms with Gasteiger partial charge in [0.05, 0.1) is 12.8 Å². The van der Waals surface area contributed by atoms with Crippen LogP contribution in [-0.2, 0) is 22.4 Å². The van der Waals surface area contributed by atoms with Crippen LogP contribution >= 0.6 is 45.9 Å². The monoisotopic (exact) mass is 586 g/mol. The first-order valence-corrected chi connectivity index (χ1v) is 14.6. The number of halogens is 2. The van der Waals surface area contributed by atoms with Crippen molar-refractivity contribution in [1.29, 1.82) is 0 Å². The molecule has 12 heteroatoms. The zero-order valence-corrected chi connectivity index (χ0v) is 23.3. The first-order valence-electron chi connectivity index (χ1n) is 12.2. The summed E-state index contributed by atoms with van der Waals surface area (Å²) in [6.45, 7) is 0. The Hall–Kier alpha value is -2.92. The summed E-state index contributed by atoms with van der Waals surface area (Å²) in [6.07, 6.45) is 4.24. The van der Waals surface area contributed by atoms with Gasteiger partial charge in [-0.1, -0.05) is 88.7 Å². The van der Waals surface area contributed by atoms with Crippen LogP contribution in [0.3, 0.4) is 0 Å². The van der Waals surface area contributed by atoms with Gasteiger partial charge in [-0.25, -0.2) is 0 Å². The Morgan fingerprint density at radius 1 is 0.737 bits per heavy atom. The van der Waals surface area contributed by atoms with Gasteiger partial charge in [0.25, 0.3) is 0 Å². The van der Waals surface area contributed by atoms with Gasteiger partial charge in [-0.15, -0.1) is 20.4 Å². The molecule has 0 radical (unpaired) electrons. The second-order valence-corrected chi connectivity index (χ2v) is 11.9. The number of amides is 2. The number of aromatic nitrogens is 4. The van der Waals surface area contributed by atoms with Crippen LogP contribution < -0.4 is 10.6 Å². The quantitative estimate of drug-likeness (QED) is 0.244. The molecule has 1 saturated carbocycles. The van der Waals surface area contributed by atoms with Gasteiger partial charge >= 0.3 is 0 Å². The van der Waals surface area contributed by atoms with E-state index < -0.39 is 0 Å². The summed E-state index contributed by atoms with van der Waals surface area (Å²) in [5.74, 6) is 0.0888. The Morgan fingerprint density at radius 2 is 1.18 bits per heavy atom. The Kier molecular flexibility index (Phi) is 8.63. The van der Waals surface area contributed by atoms with Gasteiger partial charge in [-0.05, 0) is 42.5 Å². The Bertz CT molecular complexity index is 1340. The lowest BCUT2D eigenvalue weighted by molar-refractivity contribution is -0.116. The molecule has 0 saturated heterocycles. The van der Waals surface area contributed by atoms with Crippen molar-refractivity contribution in [3.05, 3.63) is 79.7 Å². The number of benzene rings is 2. The molecule has 0 spiro atoms. The van der Waals surface area contributed by atoms with Crippen molar-refractivity contribution < 1.29 is 9.59 Å². The SMILES string of the molecule is O=C(Cc1ccccc1Cl)Nc1nnc([C@H]2CCC[C@H](c3nnc(NC(=O)Cc4ccccc4Cl)s3)C2)s1. The van der Waals surface area contributed by atoms with Crippen LogP contribution in [0, 0.1) is 0 Å². The number of carbonyl (C=O) groups is 2. The molecule has 2 atom stereocenters. The largest absolute Gasteiger partial charge is 0.300 e. The molecule has 0 bridgehead atoms.